The fourth-order valence-electron chi connectivity index (χ4n) is 3.73. The summed E-state index contributed by atoms with van der Waals surface area (Å²) in [4.78, 5) is 16.6. The molecule has 1 aromatic rings. The lowest BCUT2D eigenvalue weighted by Crippen LogP contribution is -2.50. The first-order valence-electron chi connectivity index (χ1n) is 8.57. The lowest BCUT2D eigenvalue weighted by atomic mass is 9.97. The summed E-state index contributed by atoms with van der Waals surface area (Å²) in [6.07, 6.45) is 2.11. The molecule has 0 spiro atoms. The molecule has 8 heteroatoms. The summed E-state index contributed by atoms with van der Waals surface area (Å²) >= 11 is 0. The van der Waals surface area contributed by atoms with E-state index in [1.54, 1.807) is 0 Å². The number of likely N-dealkylation sites (tertiary alicyclic amines) is 1. The molecule has 1 unspecified atom stereocenters. The first-order chi connectivity index (χ1) is 11.3. The molecule has 0 bridgehead atoms. The van der Waals surface area contributed by atoms with Crippen LogP contribution in [0.2, 0.25) is 0 Å². The van der Waals surface area contributed by atoms with E-state index in [4.69, 9.17) is 4.74 Å². The first-order valence-corrected chi connectivity index (χ1v) is 8.57. The van der Waals surface area contributed by atoms with Crippen LogP contribution >= 0.6 is 0 Å². The maximum atomic E-state index is 12.7. The van der Waals surface area contributed by atoms with Gasteiger partial charge in [-0.25, -0.2) is 4.79 Å². The fraction of sp³-hybridized carbons (Fsp3) is 0.800. The average molecular weight is 320 g/mol. The Kier molecular flexibility index (Phi) is 4.17. The molecule has 8 nitrogen and oxygen atoms in total. The molecule has 3 aliphatic rings. The second-order valence-electron chi connectivity index (χ2n) is 6.47. The average Bonchev–Trinajstić information content (AvgIpc) is 3.06. The molecule has 2 saturated heterocycles. The van der Waals surface area contributed by atoms with Gasteiger partial charge >= 0.3 is 6.03 Å². The molecule has 3 aliphatic heterocycles. The standard InChI is InChI=1S/C15H24N6O2/c22-15(19-6-8-23-9-7-19)20-4-1-2-12(11-20)14-18-17-13-10-16-3-5-21(13)14/h12,16H,1-11H2. The Labute approximate surface area is 135 Å². The van der Waals surface area contributed by atoms with E-state index in [-0.39, 0.29) is 6.03 Å². The summed E-state index contributed by atoms with van der Waals surface area (Å²) in [5.41, 5.74) is 0. The van der Waals surface area contributed by atoms with Crippen molar-refractivity contribution in [3.05, 3.63) is 11.6 Å². The molecule has 1 atom stereocenters. The second kappa shape index (κ2) is 6.45. The van der Waals surface area contributed by atoms with Crippen molar-refractivity contribution in [1.29, 1.82) is 0 Å². The molecule has 4 rings (SSSR count). The molecular weight excluding hydrogens is 296 g/mol. The lowest BCUT2D eigenvalue weighted by molar-refractivity contribution is 0.0406. The van der Waals surface area contributed by atoms with E-state index in [1.165, 1.54) is 0 Å². The van der Waals surface area contributed by atoms with Gasteiger partial charge in [0.15, 0.2) is 0 Å². The van der Waals surface area contributed by atoms with Gasteiger partial charge in [-0.15, -0.1) is 10.2 Å². The van der Waals surface area contributed by atoms with Crippen molar-refractivity contribution in [2.75, 3.05) is 45.9 Å². The molecule has 4 heterocycles. The van der Waals surface area contributed by atoms with Gasteiger partial charge in [0.1, 0.15) is 11.6 Å². The number of carbonyl (C=O) groups is 1. The maximum Gasteiger partial charge on any atom is 0.320 e. The number of nitrogens with zero attached hydrogens (tertiary/aromatic N) is 5. The van der Waals surface area contributed by atoms with Gasteiger partial charge in [-0.05, 0) is 12.8 Å². The molecule has 0 radical (unpaired) electrons. The van der Waals surface area contributed by atoms with Gasteiger partial charge in [0.2, 0.25) is 0 Å². The van der Waals surface area contributed by atoms with Crippen LogP contribution in [0.4, 0.5) is 4.79 Å². The van der Waals surface area contributed by atoms with E-state index in [9.17, 15) is 4.79 Å². The maximum absolute atomic E-state index is 12.7. The number of amides is 2. The van der Waals surface area contributed by atoms with Crippen LogP contribution in [0.25, 0.3) is 0 Å². The van der Waals surface area contributed by atoms with Crippen molar-refractivity contribution in [3.63, 3.8) is 0 Å². The Morgan fingerprint density at radius 2 is 2.00 bits per heavy atom. The van der Waals surface area contributed by atoms with Crippen LogP contribution in [0, 0.1) is 0 Å². The first kappa shape index (κ1) is 14.9. The number of fused-ring (bicyclic) bond motifs is 1. The zero-order chi connectivity index (χ0) is 15.6. The second-order valence-corrected chi connectivity index (χ2v) is 6.47. The van der Waals surface area contributed by atoms with Crippen LogP contribution in [0.5, 0.6) is 0 Å². The summed E-state index contributed by atoms with van der Waals surface area (Å²) < 4.78 is 7.58. The molecule has 2 fully saturated rings. The highest BCUT2D eigenvalue weighted by Gasteiger charge is 2.31. The number of carbonyl (C=O) groups excluding carboxylic acids is 1. The van der Waals surface area contributed by atoms with Gasteiger partial charge in [-0.1, -0.05) is 0 Å². The monoisotopic (exact) mass is 320 g/mol. The van der Waals surface area contributed by atoms with Crippen molar-refractivity contribution in [3.8, 4) is 0 Å². The van der Waals surface area contributed by atoms with Crippen LogP contribution in [0.3, 0.4) is 0 Å². The molecule has 126 valence electrons. The van der Waals surface area contributed by atoms with Gasteiger partial charge in [0, 0.05) is 45.2 Å². The van der Waals surface area contributed by atoms with Gasteiger partial charge in [0.25, 0.3) is 0 Å². The third-order valence-corrected chi connectivity index (χ3v) is 4.99. The number of piperidine rings is 1. The van der Waals surface area contributed by atoms with E-state index in [2.05, 4.69) is 20.1 Å². The number of nitrogens with one attached hydrogen (secondary N) is 1. The Morgan fingerprint density at radius 3 is 2.87 bits per heavy atom. The van der Waals surface area contributed by atoms with Crippen LogP contribution in [-0.2, 0) is 17.8 Å². The summed E-state index contributed by atoms with van der Waals surface area (Å²) in [6, 6.07) is 0.151. The molecule has 1 aromatic heterocycles. The van der Waals surface area contributed by atoms with E-state index in [1.807, 2.05) is 9.80 Å². The fourth-order valence-corrected chi connectivity index (χ4v) is 3.73. The number of morpholine rings is 1. The summed E-state index contributed by atoms with van der Waals surface area (Å²) in [5.74, 6) is 2.37. The molecule has 1 N–H and O–H groups in total. The smallest absolute Gasteiger partial charge is 0.320 e. The van der Waals surface area contributed by atoms with Gasteiger partial charge in [0.05, 0.1) is 19.8 Å². The third kappa shape index (κ3) is 2.92. The molecule has 0 aliphatic carbocycles. The van der Waals surface area contributed by atoms with Gasteiger partial charge in [-0.2, -0.15) is 0 Å². The molecule has 0 saturated carbocycles. The summed E-state index contributed by atoms with van der Waals surface area (Å²) in [6.45, 7) is 6.96. The number of hydrogen-bond donors (Lipinski definition) is 1. The SMILES string of the molecule is O=C(N1CCOCC1)N1CCCC(c2nnc3n2CCNC3)C1. The van der Waals surface area contributed by atoms with Crippen LogP contribution < -0.4 is 5.32 Å². The van der Waals surface area contributed by atoms with Crippen molar-refractivity contribution in [1.82, 2.24) is 29.9 Å². The number of urea groups is 1. The van der Waals surface area contributed by atoms with Crippen molar-refractivity contribution in [2.24, 2.45) is 0 Å². The van der Waals surface area contributed by atoms with Crippen molar-refractivity contribution in [2.45, 2.75) is 31.8 Å². The van der Waals surface area contributed by atoms with Crippen molar-refractivity contribution >= 4 is 6.03 Å². The summed E-state index contributed by atoms with van der Waals surface area (Å²) in [7, 11) is 0. The van der Waals surface area contributed by atoms with Crippen LogP contribution in [-0.4, -0.2) is 76.5 Å². The quantitative estimate of drug-likeness (QED) is 0.789. The Balaban J connectivity index is 1.46. The van der Waals surface area contributed by atoms with Crippen LogP contribution in [0.15, 0.2) is 0 Å². The molecular formula is C15H24N6O2. The third-order valence-electron chi connectivity index (χ3n) is 4.99. The largest absolute Gasteiger partial charge is 0.378 e. The minimum atomic E-state index is 0.151. The van der Waals surface area contributed by atoms with E-state index in [0.29, 0.717) is 32.2 Å². The molecule has 0 aromatic carbocycles. The summed E-state index contributed by atoms with van der Waals surface area (Å²) in [5, 5.41) is 12.1. The van der Waals surface area contributed by atoms with E-state index in [0.717, 1.165) is 57.2 Å². The zero-order valence-electron chi connectivity index (χ0n) is 13.4. The predicted octanol–water partition coefficient (Wildman–Crippen LogP) is 0.0129. The topological polar surface area (TPSA) is 75.5 Å². The Morgan fingerprint density at radius 1 is 1.13 bits per heavy atom. The van der Waals surface area contributed by atoms with Gasteiger partial charge in [-0.3, -0.25) is 0 Å². The highest BCUT2D eigenvalue weighted by atomic mass is 16.5. The minimum Gasteiger partial charge on any atom is -0.378 e. The Bertz CT molecular complexity index is 568. The lowest BCUT2D eigenvalue weighted by Gasteiger charge is -2.37. The molecule has 23 heavy (non-hydrogen) atoms. The van der Waals surface area contributed by atoms with Crippen LogP contribution in [0.1, 0.15) is 30.4 Å². The minimum absolute atomic E-state index is 0.151. The van der Waals surface area contributed by atoms with E-state index >= 15 is 0 Å². The number of rotatable bonds is 1. The van der Waals surface area contributed by atoms with Crippen molar-refractivity contribution < 1.29 is 9.53 Å². The highest BCUT2D eigenvalue weighted by molar-refractivity contribution is 5.74. The predicted molar refractivity (Wildman–Crippen MR) is 83.1 cm³/mol. The normalized spacial score (nSPS) is 25.3. The number of ether oxygens (including phenoxy) is 1. The number of aromatic nitrogens is 3. The highest BCUT2D eigenvalue weighted by Crippen LogP contribution is 2.27. The van der Waals surface area contributed by atoms with Gasteiger partial charge < -0.3 is 24.4 Å². The Hall–Kier alpha value is -1.67. The zero-order valence-corrected chi connectivity index (χ0v) is 13.4. The molecule has 2 amide bonds. The van der Waals surface area contributed by atoms with E-state index < -0.39 is 0 Å². The number of hydrogen-bond acceptors (Lipinski definition) is 5.